The van der Waals surface area contributed by atoms with E-state index in [2.05, 4.69) is 19.2 Å². The first-order valence-electron chi connectivity index (χ1n) is 9.23. The van der Waals surface area contributed by atoms with Crippen LogP contribution in [-0.4, -0.2) is 32.7 Å². The standard InChI is InChI=1S/C22H27NO5/c1-5-15(2)17-8-6-7-9-18(17)23-21(24)14-28-22(25)13-16-10-11-19(26-3)20(12-16)27-4/h6-12,15H,5,13-14H2,1-4H3,(H,23,24). The van der Waals surface area contributed by atoms with Crippen molar-refractivity contribution in [1.29, 1.82) is 0 Å². The van der Waals surface area contributed by atoms with Gasteiger partial charge in [-0.25, -0.2) is 0 Å². The van der Waals surface area contributed by atoms with E-state index >= 15 is 0 Å². The molecule has 150 valence electrons. The molecular formula is C22H27NO5. The van der Waals surface area contributed by atoms with Crippen LogP contribution in [0.4, 0.5) is 5.69 Å². The molecule has 0 aromatic heterocycles. The van der Waals surface area contributed by atoms with Crippen LogP contribution in [0.1, 0.15) is 37.3 Å². The number of anilines is 1. The van der Waals surface area contributed by atoms with Crippen LogP contribution in [0.3, 0.4) is 0 Å². The molecule has 2 rings (SSSR count). The molecule has 0 fully saturated rings. The van der Waals surface area contributed by atoms with Crippen LogP contribution in [0.25, 0.3) is 0 Å². The Morgan fingerprint density at radius 2 is 1.75 bits per heavy atom. The minimum atomic E-state index is -0.488. The fourth-order valence-corrected chi connectivity index (χ4v) is 2.80. The van der Waals surface area contributed by atoms with Gasteiger partial charge in [-0.15, -0.1) is 0 Å². The molecule has 2 aromatic carbocycles. The maximum atomic E-state index is 12.2. The second-order valence-electron chi connectivity index (χ2n) is 6.47. The lowest BCUT2D eigenvalue weighted by atomic mass is 9.97. The summed E-state index contributed by atoms with van der Waals surface area (Å²) < 4.78 is 15.5. The van der Waals surface area contributed by atoms with Gasteiger partial charge in [0, 0.05) is 5.69 Å². The van der Waals surface area contributed by atoms with Crippen LogP contribution in [-0.2, 0) is 20.7 Å². The Morgan fingerprint density at radius 1 is 1.04 bits per heavy atom. The number of nitrogens with one attached hydrogen (secondary N) is 1. The maximum absolute atomic E-state index is 12.2. The van der Waals surface area contributed by atoms with Crippen LogP contribution in [0.5, 0.6) is 11.5 Å². The highest BCUT2D eigenvalue weighted by Gasteiger charge is 2.14. The van der Waals surface area contributed by atoms with E-state index in [0.717, 1.165) is 17.7 Å². The van der Waals surface area contributed by atoms with Gasteiger partial charge in [-0.3, -0.25) is 9.59 Å². The highest BCUT2D eigenvalue weighted by atomic mass is 16.5. The number of hydrogen-bond donors (Lipinski definition) is 1. The van der Waals surface area contributed by atoms with Gasteiger partial charge >= 0.3 is 5.97 Å². The molecule has 0 bridgehead atoms. The summed E-state index contributed by atoms with van der Waals surface area (Å²) in [5.41, 5.74) is 2.53. The van der Waals surface area contributed by atoms with Crippen molar-refractivity contribution in [3.05, 3.63) is 53.6 Å². The van der Waals surface area contributed by atoms with Gasteiger partial charge in [-0.1, -0.05) is 38.1 Å². The zero-order chi connectivity index (χ0) is 20.5. The molecule has 1 atom stereocenters. The summed E-state index contributed by atoms with van der Waals surface area (Å²) in [6.45, 7) is 3.87. The van der Waals surface area contributed by atoms with Crippen molar-refractivity contribution in [1.82, 2.24) is 0 Å². The fourth-order valence-electron chi connectivity index (χ4n) is 2.80. The molecule has 6 nitrogen and oxygen atoms in total. The quantitative estimate of drug-likeness (QED) is 0.662. The number of carbonyl (C=O) groups is 2. The van der Waals surface area contributed by atoms with Gasteiger partial charge in [-0.2, -0.15) is 0 Å². The Kier molecular flexibility index (Phi) is 7.87. The van der Waals surface area contributed by atoms with E-state index in [1.54, 1.807) is 25.3 Å². The van der Waals surface area contributed by atoms with Crippen LogP contribution in [0.15, 0.2) is 42.5 Å². The number of esters is 1. The lowest BCUT2D eigenvalue weighted by Crippen LogP contribution is -2.22. The number of para-hydroxylation sites is 1. The van der Waals surface area contributed by atoms with Gasteiger partial charge in [0.05, 0.1) is 20.6 Å². The molecule has 0 spiro atoms. The summed E-state index contributed by atoms with van der Waals surface area (Å²) in [5, 5.41) is 2.83. The Balaban J connectivity index is 1.90. The van der Waals surface area contributed by atoms with Gasteiger partial charge in [0.1, 0.15) is 0 Å². The number of hydrogen-bond acceptors (Lipinski definition) is 5. The van der Waals surface area contributed by atoms with E-state index in [0.29, 0.717) is 23.0 Å². The van der Waals surface area contributed by atoms with Crippen molar-refractivity contribution in [2.75, 3.05) is 26.1 Å². The van der Waals surface area contributed by atoms with Crippen LogP contribution in [0, 0.1) is 0 Å². The number of methoxy groups -OCH3 is 2. The minimum absolute atomic E-state index is 0.0388. The van der Waals surface area contributed by atoms with Crippen LogP contribution in [0.2, 0.25) is 0 Å². The molecule has 1 amide bonds. The molecule has 2 aromatic rings. The lowest BCUT2D eigenvalue weighted by molar-refractivity contribution is -0.146. The van der Waals surface area contributed by atoms with E-state index < -0.39 is 5.97 Å². The molecule has 0 radical (unpaired) electrons. The molecule has 0 aliphatic rings. The third-order valence-corrected chi connectivity index (χ3v) is 4.54. The van der Waals surface area contributed by atoms with Crippen molar-refractivity contribution in [2.45, 2.75) is 32.6 Å². The Hall–Kier alpha value is -3.02. The van der Waals surface area contributed by atoms with E-state index in [1.165, 1.54) is 7.11 Å². The number of rotatable bonds is 9. The number of carbonyl (C=O) groups excluding carboxylic acids is 2. The van der Waals surface area contributed by atoms with Crippen molar-refractivity contribution in [3.8, 4) is 11.5 Å². The van der Waals surface area contributed by atoms with E-state index in [9.17, 15) is 9.59 Å². The van der Waals surface area contributed by atoms with Crippen molar-refractivity contribution in [2.24, 2.45) is 0 Å². The zero-order valence-corrected chi connectivity index (χ0v) is 16.8. The molecule has 0 heterocycles. The Bertz CT molecular complexity index is 818. The number of amides is 1. The molecule has 1 N–H and O–H groups in total. The van der Waals surface area contributed by atoms with Crippen LogP contribution >= 0.6 is 0 Å². The van der Waals surface area contributed by atoms with E-state index in [4.69, 9.17) is 14.2 Å². The van der Waals surface area contributed by atoms with Crippen molar-refractivity contribution < 1.29 is 23.8 Å². The monoisotopic (exact) mass is 385 g/mol. The molecular weight excluding hydrogens is 358 g/mol. The summed E-state index contributed by atoms with van der Waals surface area (Å²) >= 11 is 0. The predicted molar refractivity (Wildman–Crippen MR) is 108 cm³/mol. The topological polar surface area (TPSA) is 73.9 Å². The first kappa shape index (κ1) is 21.3. The molecule has 0 aliphatic heterocycles. The number of ether oxygens (including phenoxy) is 3. The summed E-state index contributed by atoms with van der Waals surface area (Å²) in [6, 6.07) is 12.8. The first-order valence-corrected chi connectivity index (χ1v) is 9.23. The van der Waals surface area contributed by atoms with E-state index in [-0.39, 0.29) is 18.9 Å². The smallest absolute Gasteiger partial charge is 0.310 e. The third kappa shape index (κ3) is 5.74. The average Bonchev–Trinajstić information content (AvgIpc) is 2.72. The largest absolute Gasteiger partial charge is 0.493 e. The summed E-state index contributed by atoms with van der Waals surface area (Å²) in [5.74, 6) is 0.587. The molecule has 28 heavy (non-hydrogen) atoms. The van der Waals surface area contributed by atoms with E-state index in [1.807, 2.05) is 24.3 Å². The molecule has 0 saturated heterocycles. The van der Waals surface area contributed by atoms with Crippen molar-refractivity contribution >= 4 is 17.6 Å². The Labute approximate surface area is 165 Å². The molecule has 1 unspecified atom stereocenters. The van der Waals surface area contributed by atoms with Crippen LogP contribution < -0.4 is 14.8 Å². The number of benzene rings is 2. The summed E-state index contributed by atoms with van der Waals surface area (Å²) in [6.07, 6.45) is 1.00. The highest BCUT2D eigenvalue weighted by Crippen LogP contribution is 2.28. The maximum Gasteiger partial charge on any atom is 0.310 e. The van der Waals surface area contributed by atoms with Gasteiger partial charge in [-0.05, 0) is 41.7 Å². The Morgan fingerprint density at radius 3 is 2.43 bits per heavy atom. The normalized spacial score (nSPS) is 11.4. The van der Waals surface area contributed by atoms with Gasteiger partial charge in [0.2, 0.25) is 0 Å². The predicted octanol–water partition coefficient (Wildman–Crippen LogP) is 3.94. The fraction of sp³-hybridized carbons (Fsp3) is 0.364. The minimum Gasteiger partial charge on any atom is -0.493 e. The third-order valence-electron chi connectivity index (χ3n) is 4.54. The highest BCUT2D eigenvalue weighted by molar-refractivity contribution is 5.93. The molecule has 0 saturated carbocycles. The second-order valence-corrected chi connectivity index (χ2v) is 6.47. The van der Waals surface area contributed by atoms with Crippen molar-refractivity contribution in [3.63, 3.8) is 0 Å². The lowest BCUT2D eigenvalue weighted by Gasteiger charge is -2.15. The zero-order valence-electron chi connectivity index (χ0n) is 16.8. The second kappa shape index (κ2) is 10.3. The average molecular weight is 385 g/mol. The SMILES string of the molecule is CCC(C)c1ccccc1NC(=O)COC(=O)Cc1ccc(OC)c(OC)c1. The van der Waals surface area contributed by atoms with Gasteiger partial charge < -0.3 is 19.5 Å². The summed E-state index contributed by atoms with van der Waals surface area (Å²) in [7, 11) is 3.07. The van der Waals surface area contributed by atoms with Gasteiger partial charge in [0.25, 0.3) is 5.91 Å². The first-order chi connectivity index (χ1) is 13.5. The molecule has 6 heteroatoms. The van der Waals surface area contributed by atoms with Gasteiger partial charge in [0.15, 0.2) is 18.1 Å². The summed E-state index contributed by atoms with van der Waals surface area (Å²) in [4.78, 5) is 24.3. The molecule has 0 aliphatic carbocycles.